The highest BCUT2D eigenvalue weighted by Gasteiger charge is 2.24. The molecule has 24 heavy (non-hydrogen) atoms. The van der Waals surface area contributed by atoms with E-state index in [2.05, 4.69) is 10.2 Å². The van der Waals surface area contributed by atoms with Gasteiger partial charge in [0.1, 0.15) is 17.5 Å². The number of hydrogen-bond donors (Lipinski definition) is 0. The van der Waals surface area contributed by atoms with Gasteiger partial charge in [0.05, 0.1) is 5.56 Å². The summed E-state index contributed by atoms with van der Waals surface area (Å²) in [5, 5.41) is 7.23. The average molecular weight is 390 g/mol. The maximum atomic E-state index is 14.2. The molecule has 0 aliphatic rings. The van der Waals surface area contributed by atoms with E-state index in [1.807, 2.05) is 0 Å². The third kappa shape index (κ3) is 3.07. The quantitative estimate of drug-likeness (QED) is 0.522. The molecule has 8 heteroatoms. The van der Waals surface area contributed by atoms with Crippen LogP contribution in [0.4, 0.5) is 13.2 Å². The predicted molar refractivity (Wildman–Crippen MR) is 87.8 cm³/mol. The number of nitrogens with zero attached hydrogens (tertiary/aromatic N) is 2. The van der Waals surface area contributed by atoms with Gasteiger partial charge in [-0.15, -0.1) is 10.2 Å². The van der Waals surface area contributed by atoms with Crippen LogP contribution in [0.1, 0.15) is 0 Å². The average Bonchev–Trinajstić information content (AvgIpc) is 2.49. The minimum atomic E-state index is -1.14. The van der Waals surface area contributed by atoms with Crippen molar-refractivity contribution in [2.45, 2.75) is 0 Å². The fraction of sp³-hybridized carbons (Fsp3) is 0. The Morgan fingerprint density at radius 3 is 1.88 bits per heavy atom. The molecule has 0 spiro atoms. The normalized spacial score (nSPS) is 10.9. The van der Waals surface area contributed by atoms with Gasteiger partial charge in [-0.1, -0.05) is 46.9 Å². The van der Waals surface area contributed by atoms with Gasteiger partial charge in [0.15, 0.2) is 10.3 Å². The van der Waals surface area contributed by atoms with Crippen molar-refractivity contribution < 1.29 is 13.2 Å². The first-order chi connectivity index (χ1) is 11.4. The van der Waals surface area contributed by atoms with Crippen LogP contribution in [0.15, 0.2) is 36.4 Å². The van der Waals surface area contributed by atoms with Gasteiger partial charge in [0.25, 0.3) is 0 Å². The number of benzene rings is 2. The van der Waals surface area contributed by atoms with Gasteiger partial charge in [-0.05, 0) is 17.7 Å². The topological polar surface area (TPSA) is 25.8 Å². The molecule has 0 atom stereocenters. The van der Waals surface area contributed by atoms with Gasteiger partial charge in [0, 0.05) is 28.3 Å². The van der Waals surface area contributed by atoms with Crippen LogP contribution < -0.4 is 0 Å². The zero-order valence-corrected chi connectivity index (χ0v) is 13.9. The third-order valence-electron chi connectivity index (χ3n) is 3.26. The van der Waals surface area contributed by atoms with Gasteiger partial charge in [0.2, 0.25) is 0 Å². The van der Waals surface area contributed by atoms with Crippen LogP contribution in [0.3, 0.4) is 0 Å². The smallest absolute Gasteiger partial charge is 0.160 e. The fourth-order valence-electron chi connectivity index (χ4n) is 2.31. The van der Waals surface area contributed by atoms with E-state index in [1.165, 1.54) is 6.07 Å². The number of halogens is 6. The van der Waals surface area contributed by atoms with Crippen LogP contribution in [0.2, 0.25) is 15.3 Å². The fourth-order valence-corrected chi connectivity index (χ4v) is 2.97. The molecule has 2 aromatic carbocycles. The van der Waals surface area contributed by atoms with Gasteiger partial charge < -0.3 is 0 Å². The summed E-state index contributed by atoms with van der Waals surface area (Å²) in [6.45, 7) is 0. The molecule has 0 saturated carbocycles. The lowest BCUT2D eigenvalue weighted by Gasteiger charge is -2.14. The standard InChI is InChI=1S/C16H6Cl3F3N2/c17-8-3-1-2-7(4-8)12-14(16(19)24-23-15(12)18)13-10(21)5-9(20)6-11(13)22/h1-6H. The molecule has 0 bridgehead atoms. The molecule has 0 aliphatic carbocycles. The van der Waals surface area contributed by atoms with Crippen molar-refractivity contribution in [2.75, 3.05) is 0 Å². The summed E-state index contributed by atoms with van der Waals surface area (Å²) in [6.07, 6.45) is 0. The van der Waals surface area contributed by atoms with Gasteiger partial charge in [-0.2, -0.15) is 0 Å². The van der Waals surface area contributed by atoms with E-state index < -0.39 is 23.0 Å². The monoisotopic (exact) mass is 388 g/mol. The molecular weight excluding hydrogens is 384 g/mol. The molecule has 0 N–H and O–H groups in total. The molecule has 0 unspecified atom stereocenters. The largest absolute Gasteiger partial charge is 0.207 e. The summed E-state index contributed by atoms with van der Waals surface area (Å²) in [7, 11) is 0. The molecule has 2 nitrogen and oxygen atoms in total. The van der Waals surface area contributed by atoms with E-state index in [0.29, 0.717) is 22.7 Å². The zero-order valence-electron chi connectivity index (χ0n) is 11.6. The van der Waals surface area contributed by atoms with Crippen LogP contribution in [0.5, 0.6) is 0 Å². The van der Waals surface area contributed by atoms with E-state index in [1.54, 1.807) is 18.2 Å². The van der Waals surface area contributed by atoms with Crippen molar-refractivity contribution in [3.05, 3.63) is 69.2 Å². The van der Waals surface area contributed by atoms with E-state index in [4.69, 9.17) is 34.8 Å². The second-order valence-electron chi connectivity index (χ2n) is 4.79. The Morgan fingerprint density at radius 2 is 1.29 bits per heavy atom. The number of hydrogen-bond acceptors (Lipinski definition) is 2. The van der Waals surface area contributed by atoms with E-state index in [-0.39, 0.29) is 21.4 Å². The summed E-state index contributed by atoms with van der Waals surface area (Å²) in [4.78, 5) is 0. The Kier molecular flexibility index (Phi) is 4.67. The first-order valence-electron chi connectivity index (χ1n) is 6.51. The molecule has 1 aromatic heterocycles. The van der Waals surface area contributed by atoms with Crippen molar-refractivity contribution in [3.8, 4) is 22.3 Å². The second-order valence-corrected chi connectivity index (χ2v) is 5.94. The first-order valence-corrected chi connectivity index (χ1v) is 7.64. The lowest BCUT2D eigenvalue weighted by atomic mass is 9.96. The molecule has 3 aromatic rings. The molecule has 0 amide bonds. The highest BCUT2D eigenvalue weighted by atomic mass is 35.5. The van der Waals surface area contributed by atoms with Gasteiger partial charge >= 0.3 is 0 Å². The molecule has 122 valence electrons. The van der Waals surface area contributed by atoms with Crippen LogP contribution in [-0.2, 0) is 0 Å². The second kappa shape index (κ2) is 6.59. The number of aromatic nitrogens is 2. The summed E-state index contributed by atoms with van der Waals surface area (Å²) >= 11 is 18.1. The van der Waals surface area contributed by atoms with Crippen LogP contribution in [0, 0.1) is 17.5 Å². The van der Waals surface area contributed by atoms with Crippen LogP contribution in [-0.4, -0.2) is 10.2 Å². The lowest BCUT2D eigenvalue weighted by Crippen LogP contribution is -1.99. The maximum Gasteiger partial charge on any atom is 0.160 e. The van der Waals surface area contributed by atoms with E-state index in [0.717, 1.165) is 0 Å². The van der Waals surface area contributed by atoms with Gasteiger partial charge in [-0.3, -0.25) is 0 Å². The third-order valence-corrected chi connectivity index (χ3v) is 4.02. The maximum absolute atomic E-state index is 14.2. The van der Waals surface area contributed by atoms with Crippen molar-refractivity contribution in [1.82, 2.24) is 10.2 Å². The van der Waals surface area contributed by atoms with E-state index in [9.17, 15) is 13.2 Å². The molecular formula is C16H6Cl3F3N2. The SMILES string of the molecule is Fc1cc(F)c(-c2c(Cl)nnc(Cl)c2-c2cccc(Cl)c2)c(F)c1. The summed E-state index contributed by atoms with van der Waals surface area (Å²) in [5.74, 6) is -3.33. The minimum Gasteiger partial charge on any atom is -0.207 e. The van der Waals surface area contributed by atoms with Crippen molar-refractivity contribution >= 4 is 34.8 Å². The first kappa shape index (κ1) is 17.0. The molecule has 3 rings (SSSR count). The van der Waals surface area contributed by atoms with Crippen LogP contribution in [0.25, 0.3) is 22.3 Å². The Balaban J connectivity index is 2.40. The summed E-state index contributed by atoms with van der Waals surface area (Å²) in [5.41, 5.74) is -0.104. The summed E-state index contributed by atoms with van der Waals surface area (Å²) < 4.78 is 41.7. The summed E-state index contributed by atoms with van der Waals surface area (Å²) in [6, 6.07) is 7.49. The Bertz CT molecular complexity index is 925. The lowest BCUT2D eigenvalue weighted by molar-refractivity contribution is 0.548. The van der Waals surface area contributed by atoms with Gasteiger partial charge in [-0.25, -0.2) is 13.2 Å². The Morgan fingerprint density at radius 1 is 0.708 bits per heavy atom. The highest BCUT2D eigenvalue weighted by Crippen LogP contribution is 2.42. The van der Waals surface area contributed by atoms with Crippen LogP contribution >= 0.6 is 34.8 Å². The molecule has 0 radical (unpaired) electrons. The molecule has 0 aliphatic heterocycles. The van der Waals surface area contributed by atoms with Crippen molar-refractivity contribution in [1.29, 1.82) is 0 Å². The minimum absolute atomic E-state index is 0.125. The molecule has 1 heterocycles. The van der Waals surface area contributed by atoms with Crippen molar-refractivity contribution in [2.24, 2.45) is 0 Å². The zero-order chi connectivity index (χ0) is 17.4. The van der Waals surface area contributed by atoms with E-state index >= 15 is 0 Å². The Labute approximate surface area is 149 Å². The Hall–Kier alpha value is -1.82. The number of rotatable bonds is 2. The van der Waals surface area contributed by atoms with Crippen molar-refractivity contribution in [3.63, 3.8) is 0 Å². The predicted octanol–water partition coefficient (Wildman–Crippen LogP) is 6.19. The highest BCUT2D eigenvalue weighted by molar-refractivity contribution is 6.36. The molecule has 0 saturated heterocycles. The molecule has 0 fully saturated rings.